The zero-order valence-electron chi connectivity index (χ0n) is 14.4. The summed E-state index contributed by atoms with van der Waals surface area (Å²) in [6, 6.07) is 4.20. The summed E-state index contributed by atoms with van der Waals surface area (Å²) in [6.07, 6.45) is 2.92. The molecule has 1 aliphatic rings. The third-order valence-electron chi connectivity index (χ3n) is 4.27. The van der Waals surface area contributed by atoms with E-state index in [0.29, 0.717) is 28.9 Å². The Balaban J connectivity index is 1.99. The molecule has 0 saturated carbocycles. The first-order valence-corrected chi connectivity index (χ1v) is 8.22. The van der Waals surface area contributed by atoms with Gasteiger partial charge in [0.2, 0.25) is 5.91 Å². The topological polar surface area (TPSA) is 74.0 Å². The number of anilines is 2. The molecule has 25 heavy (non-hydrogen) atoms. The lowest BCUT2D eigenvalue weighted by atomic mass is 10.0. The maximum absolute atomic E-state index is 13.5. The van der Waals surface area contributed by atoms with Crippen LogP contribution in [0.3, 0.4) is 0 Å². The van der Waals surface area contributed by atoms with Crippen LogP contribution in [-0.2, 0) is 9.59 Å². The van der Waals surface area contributed by atoms with E-state index >= 15 is 0 Å². The fraction of sp³-hybridized carbons (Fsp3) is 0.263. The number of carbonyl (C=O) groups is 2. The molecule has 0 saturated heterocycles. The van der Waals surface area contributed by atoms with Crippen LogP contribution in [0.4, 0.5) is 15.8 Å². The molecule has 3 rings (SSSR count). The largest absolute Gasteiger partial charge is 0.357 e. The highest BCUT2D eigenvalue weighted by atomic mass is 19.1. The van der Waals surface area contributed by atoms with Crippen LogP contribution in [0.1, 0.15) is 42.3 Å². The van der Waals surface area contributed by atoms with Crippen LogP contribution in [0.2, 0.25) is 0 Å². The Kier molecular flexibility index (Phi) is 4.44. The Morgan fingerprint density at radius 3 is 2.80 bits per heavy atom. The van der Waals surface area contributed by atoms with Crippen molar-refractivity contribution in [2.24, 2.45) is 0 Å². The van der Waals surface area contributed by atoms with E-state index in [1.165, 1.54) is 12.1 Å². The molecule has 3 N–H and O–H groups in total. The van der Waals surface area contributed by atoms with Gasteiger partial charge in [0.05, 0.1) is 11.3 Å². The van der Waals surface area contributed by atoms with Crippen molar-refractivity contribution in [3.63, 3.8) is 0 Å². The predicted octanol–water partition coefficient (Wildman–Crippen LogP) is 4.00. The van der Waals surface area contributed by atoms with Gasteiger partial charge in [-0.05, 0) is 50.1 Å². The monoisotopic (exact) mass is 341 g/mol. The minimum absolute atomic E-state index is 0.0436. The van der Waals surface area contributed by atoms with Crippen molar-refractivity contribution in [2.75, 3.05) is 10.6 Å². The quantitative estimate of drug-likeness (QED) is 0.735. The zero-order valence-corrected chi connectivity index (χ0v) is 14.4. The van der Waals surface area contributed by atoms with E-state index in [9.17, 15) is 14.0 Å². The minimum atomic E-state index is -0.395. The number of aromatic nitrogens is 1. The summed E-state index contributed by atoms with van der Waals surface area (Å²) in [5, 5.41) is 5.63. The molecule has 0 atom stereocenters. The third-order valence-corrected chi connectivity index (χ3v) is 4.27. The number of carbonyl (C=O) groups excluding carboxylic acids is 2. The normalized spacial score (nSPS) is 14.6. The summed E-state index contributed by atoms with van der Waals surface area (Å²) in [6.45, 7) is 5.68. The summed E-state index contributed by atoms with van der Waals surface area (Å²) in [5.74, 6) is -0.713. The molecule has 2 aromatic rings. The number of hydrogen-bond donors (Lipinski definition) is 3. The van der Waals surface area contributed by atoms with Gasteiger partial charge >= 0.3 is 0 Å². The standard InChI is InChI=1S/C19H20FN3O2/c1-4-5-17(24)23-18-10(2)16(21-11(18)3)9-14-13-8-12(20)6-7-15(13)22-19(14)25/h6-9,21H,4-5H2,1-3H3,(H,22,25)(H,23,24)/b14-9-. The van der Waals surface area contributed by atoms with E-state index in [0.717, 1.165) is 23.4 Å². The molecule has 0 bridgehead atoms. The van der Waals surface area contributed by atoms with E-state index in [2.05, 4.69) is 15.6 Å². The highest BCUT2D eigenvalue weighted by Gasteiger charge is 2.25. The second-order valence-corrected chi connectivity index (χ2v) is 6.16. The van der Waals surface area contributed by atoms with Crippen molar-refractivity contribution in [3.05, 3.63) is 46.5 Å². The Morgan fingerprint density at radius 1 is 1.32 bits per heavy atom. The van der Waals surface area contributed by atoms with Crippen molar-refractivity contribution >= 4 is 34.8 Å². The zero-order chi connectivity index (χ0) is 18.1. The lowest BCUT2D eigenvalue weighted by Gasteiger charge is -2.05. The van der Waals surface area contributed by atoms with Crippen LogP contribution in [0.25, 0.3) is 11.6 Å². The predicted molar refractivity (Wildman–Crippen MR) is 96.7 cm³/mol. The van der Waals surface area contributed by atoms with Crippen LogP contribution < -0.4 is 10.6 Å². The number of rotatable bonds is 4. The van der Waals surface area contributed by atoms with Gasteiger partial charge in [0.15, 0.2) is 0 Å². The summed E-state index contributed by atoms with van der Waals surface area (Å²) in [5.41, 5.74) is 4.61. The number of halogens is 1. The van der Waals surface area contributed by atoms with Gasteiger partial charge in [0.1, 0.15) is 5.82 Å². The smallest absolute Gasteiger partial charge is 0.256 e. The lowest BCUT2D eigenvalue weighted by Crippen LogP contribution is -2.11. The van der Waals surface area contributed by atoms with Gasteiger partial charge in [-0.25, -0.2) is 4.39 Å². The SMILES string of the molecule is CCCC(=O)Nc1c(C)[nH]c(/C=C2\C(=O)Nc3ccc(F)cc32)c1C. The Morgan fingerprint density at radius 2 is 2.08 bits per heavy atom. The van der Waals surface area contributed by atoms with Crippen LogP contribution in [0, 0.1) is 19.7 Å². The van der Waals surface area contributed by atoms with Gasteiger partial charge in [-0.1, -0.05) is 6.92 Å². The molecule has 130 valence electrons. The summed E-state index contributed by atoms with van der Waals surface area (Å²) in [7, 11) is 0. The fourth-order valence-electron chi connectivity index (χ4n) is 2.98. The lowest BCUT2D eigenvalue weighted by molar-refractivity contribution is -0.116. The average molecular weight is 341 g/mol. The number of aryl methyl sites for hydroxylation is 1. The molecule has 1 aliphatic heterocycles. The molecular weight excluding hydrogens is 321 g/mol. The molecule has 0 radical (unpaired) electrons. The highest BCUT2D eigenvalue weighted by molar-refractivity contribution is 6.34. The molecular formula is C19H20FN3O2. The van der Waals surface area contributed by atoms with Crippen LogP contribution >= 0.6 is 0 Å². The summed E-state index contributed by atoms with van der Waals surface area (Å²) in [4.78, 5) is 27.3. The Labute approximate surface area is 145 Å². The first kappa shape index (κ1) is 17.0. The number of nitrogens with one attached hydrogen (secondary N) is 3. The molecule has 0 aliphatic carbocycles. The first-order chi connectivity index (χ1) is 11.9. The van der Waals surface area contributed by atoms with Crippen molar-refractivity contribution in [3.8, 4) is 0 Å². The maximum atomic E-state index is 13.5. The van der Waals surface area contributed by atoms with Gasteiger partial charge in [0.25, 0.3) is 5.91 Å². The highest BCUT2D eigenvalue weighted by Crippen LogP contribution is 2.35. The number of H-pyrrole nitrogens is 1. The summed E-state index contributed by atoms with van der Waals surface area (Å²) < 4.78 is 13.5. The second-order valence-electron chi connectivity index (χ2n) is 6.16. The van der Waals surface area contributed by atoms with E-state index in [1.54, 1.807) is 12.1 Å². The minimum Gasteiger partial charge on any atom is -0.357 e. The third kappa shape index (κ3) is 3.20. The van der Waals surface area contributed by atoms with Crippen molar-refractivity contribution in [1.82, 2.24) is 4.98 Å². The van der Waals surface area contributed by atoms with E-state index in [4.69, 9.17) is 0 Å². The van der Waals surface area contributed by atoms with Gasteiger partial charge < -0.3 is 15.6 Å². The molecule has 0 fully saturated rings. The number of amides is 2. The molecule has 2 heterocycles. The Hall–Kier alpha value is -2.89. The maximum Gasteiger partial charge on any atom is 0.256 e. The second kappa shape index (κ2) is 6.55. The van der Waals surface area contributed by atoms with Gasteiger partial charge in [-0.15, -0.1) is 0 Å². The molecule has 5 nitrogen and oxygen atoms in total. The molecule has 0 unspecified atom stereocenters. The van der Waals surface area contributed by atoms with E-state index in [-0.39, 0.29) is 11.8 Å². The average Bonchev–Trinajstić information content (AvgIpc) is 2.99. The van der Waals surface area contributed by atoms with Crippen molar-refractivity contribution in [2.45, 2.75) is 33.6 Å². The molecule has 2 amide bonds. The number of hydrogen-bond acceptors (Lipinski definition) is 2. The first-order valence-electron chi connectivity index (χ1n) is 8.22. The number of benzene rings is 1. The van der Waals surface area contributed by atoms with Crippen molar-refractivity contribution < 1.29 is 14.0 Å². The van der Waals surface area contributed by atoms with Gasteiger partial charge in [-0.3, -0.25) is 9.59 Å². The molecule has 0 spiro atoms. The van der Waals surface area contributed by atoms with Gasteiger partial charge in [0, 0.05) is 29.1 Å². The molecule has 6 heteroatoms. The number of aromatic amines is 1. The number of fused-ring (bicyclic) bond motifs is 1. The van der Waals surface area contributed by atoms with Crippen molar-refractivity contribution in [1.29, 1.82) is 0 Å². The van der Waals surface area contributed by atoms with E-state index in [1.807, 2.05) is 20.8 Å². The van der Waals surface area contributed by atoms with E-state index < -0.39 is 5.82 Å². The Bertz CT molecular complexity index is 896. The summed E-state index contributed by atoms with van der Waals surface area (Å²) >= 11 is 0. The fourth-order valence-corrected chi connectivity index (χ4v) is 2.98. The molecule has 1 aromatic heterocycles. The van der Waals surface area contributed by atoms with Crippen LogP contribution in [-0.4, -0.2) is 16.8 Å². The van der Waals surface area contributed by atoms with Crippen LogP contribution in [0.15, 0.2) is 18.2 Å². The van der Waals surface area contributed by atoms with Gasteiger partial charge in [-0.2, -0.15) is 0 Å². The molecule has 1 aromatic carbocycles. The van der Waals surface area contributed by atoms with Crippen LogP contribution in [0.5, 0.6) is 0 Å².